The minimum Gasteiger partial charge on any atom is -0.324 e. The fourth-order valence-corrected chi connectivity index (χ4v) is 3.04. The summed E-state index contributed by atoms with van der Waals surface area (Å²) in [6.07, 6.45) is 2.36. The van der Waals surface area contributed by atoms with E-state index in [4.69, 9.17) is 16.6 Å². The highest BCUT2D eigenvalue weighted by atomic mass is 79.9. The van der Waals surface area contributed by atoms with Crippen molar-refractivity contribution >= 4 is 38.6 Å². The van der Waals surface area contributed by atoms with Crippen LogP contribution in [0.1, 0.15) is 57.8 Å². The largest absolute Gasteiger partial charge is 0.324 e. The van der Waals surface area contributed by atoms with Crippen molar-refractivity contribution in [1.82, 2.24) is 9.55 Å². The van der Waals surface area contributed by atoms with Crippen molar-refractivity contribution in [3.8, 4) is 0 Å². The van der Waals surface area contributed by atoms with Gasteiger partial charge in [-0.2, -0.15) is 0 Å². The molecule has 0 aliphatic carbocycles. The smallest absolute Gasteiger partial charge is 0.127 e. The molecule has 1 aromatic carbocycles. The second-order valence-electron chi connectivity index (χ2n) is 5.91. The summed E-state index contributed by atoms with van der Waals surface area (Å²) in [5.41, 5.74) is 2.19. The van der Waals surface area contributed by atoms with Crippen LogP contribution in [0.2, 0.25) is 0 Å². The summed E-state index contributed by atoms with van der Waals surface area (Å²) in [5.74, 6) is 1.69. The van der Waals surface area contributed by atoms with E-state index < -0.39 is 0 Å². The summed E-state index contributed by atoms with van der Waals surface area (Å²) >= 11 is 9.88. The fraction of sp³-hybridized carbons (Fsp3) is 0.562. The third-order valence-corrected chi connectivity index (χ3v) is 4.33. The number of imidazole rings is 1. The van der Waals surface area contributed by atoms with Crippen LogP contribution in [0.3, 0.4) is 0 Å². The minimum absolute atomic E-state index is 0.0809. The summed E-state index contributed by atoms with van der Waals surface area (Å²) < 4.78 is 3.39. The van der Waals surface area contributed by atoms with Crippen LogP contribution in [0.4, 0.5) is 0 Å². The van der Waals surface area contributed by atoms with E-state index in [9.17, 15) is 0 Å². The Bertz CT molecular complexity index is 589. The Morgan fingerprint density at radius 1 is 1.20 bits per heavy atom. The average Bonchev–Trinajstić information content (AvgIpc) is 2.74. The first-order chi connectivity index (χ1) is 9.40. The minimum atomic E-state index is -0.0809. The lowest BCUT2D eigenvalue weighted by Crippen LogP contribution is -2.11. The van der Waals surface area contributed by atoms with Crippen LogP contribution in [-0.2, 0) is 0 Å². The Labute approximate surface area is 134 Å². The van der Waals surface area contributed by atoms with Gasteiger partial charge in [-0.3, -0.25) is 0 Å². The van der Waals surface area contributed by atoms with Crippen LogP contribution in [0.5, 0.6) is 0 Å². The molecule has 2 unspecified atom stereocenters. The number of alkyl halides is 1. The Morgan fingerprint density at radius 2 is 1.90 bits per heavy atom. The molecule has 0 saturated carbocycles. The van der Waals surface area contributed by atoms with Crippen LogP contribution in [-0.4, -0.2) is 9.55 Å². The molecule has 4 heteroatoms. The van der Waals surface area contributed by atoms with E-state index in [0.29, 0.717) is 6.04 Å². The highest BCUT2D eigenvalue weighted by Crippen LogP contribution is 2.31. The Morgan fingerprint density at radius 3 is 2.50 bits per heavy atom. The molecule has 0 amide bonds. The maximum Gasteiger partial charge on any atom is 0.127 e. The van der Waals surface area contributed by atoms with Gasteiger partial charge in [0.2, 0.25) is 0 Å². The van der Waals surface area contributed by atoms with Crippen molar-refractivity contribution in [2.45, 2.75) is 52.0 Å². The normalized spacial score (nSPS) is 14.9. The van der Waals surface area contributed by atoms with E-state index >= 15 is 0 Å². The number of hydrogen-bond acceptors (Lipinski definition) is 1. The van der Waals surface area contributed by atoms with Crippen LogP contribution >= 0.6 is 27.5 Å². The number of hydrogen-bond donors (Lipinski definition) is 0. The van der Waals surface area contributed by atoms with Crippen molar-refractivity contribution < 1.29 is 0 Å². The molecule has 0 radical (unpaired) electrons. The molecular weight excluding hydrogens is 336 g/mol. The quantitative estimate of drug-likeness (QED) is 0.591. The molecule has 0 fully saturated rings. The molecule has 1 heterocycles. The molecule has 2 atom stereocenters. The highest BCUT2D eigenvalue weighted by molar-refractivity contribution is 9.10. The molecule has 0 saturated heterocycles. The molecule has 0 bridgehead atoms. The SMILES string of the molecule is CC(C)CCC(C)n1c(C(C)Cl)nc2ccc(Br)cc21. The summed E-state index contributed by atoms with van der Waals surface area (Å²) in [5, 5.41) is -0.0809. The molecule has 0 spiro atoms. The molecule has 2 rings (SSSR count). The zero-order valence-electron chi connectivity index (χ0n) is 12.5. The Kier molecular flexibility index (Phi) is 5.14. The second kappa shape index (κ2) is 6.48. The first-order valence-corrected chi connectivity index (χ1v) is 8.44. The van der Waals surface area contributed by atoms with E-state index in [1.54, 1.807) is 0 Å². The van der Waals surface area contributed by atoms with E-state index in [-0.39, 0.29) is 5.38 Å². The fourth-order valence-electron chi connectivity index (χ4n) is 2.53. The van der Waals surface area contributed by atoms with Gasteiger partial charge in [0.1, 0.15) is 5.82 Å². The molecule has 20 heavy (non-hydrogen) atoms. The van der Waals surface area contributed by atoms with Gasteiger partial charge in [-0.1, -0.05) is 29.8 Å². The first kappa shape index (κ1) is 15.8. The summed E-state index contributed by atoms with van der Waals surface area (Å²) in [4.78, 5) is 4.71. The average molecular weight is 358 g/mol. The van der Waals surface area contributed by atoms with Crippen molar-refractivity contribution in [2.24, 2.45) is 5.92 Å². The lowest BCUT2D eigenvalue weighted by molar-refractivity contribution is 0.437. The predicted octanol–water partition coefficient (Wildman–Crippen LogP) is 6.10. The Balaban J connectivity index is 2.47. The number of aromatic nitrogens is 2. The zero-order valence-corrected chi connectivity index (χ0v) is 14.9. The first-order valence-electron chi connectivity index (χ1n) is 7.21. The predicted molar refractivity (Wildman–Crippen MR) is 90.5 cm³/mol. The summed E-state index contributed by atoms with van der Waals surface area (Å²) in [6, 6.07) is 6.62. The van der Waals surface area contributed by atoms with Crippen molar-refractivity contribution in [1.29, 1.82) is 0 Å². The number of fused-ring (bicyclic) bond motifs is 1. The maximum atomic E-state index is 6.33. The third kappa shape index (κ3) is 3.37. The standard InChI is InChI=1S/C16H22BrClN2/c1-10(2)5-6-11(3)20-15-9-13(17)7-8-14(15)19-16(20)12(4)18/h7-12H,5-6H2,1-4H3. The number of nitrogens with zero attached hydrogens (tertiary/aromatic N) is 2. The number of benzene rings is 1. The van der Waals surface area contributed by atoms with E-state index in [1.807, 2.05) is 19.1 Å². The lowest BCUT2D eigenvalue weighted by atomic mass is 10.0. The zero-order chi connectivity index (χ0) is 14.9. The molecule has 2 aromatic rings. The summed E-state index contributed by atoms with van der Waals surface area (Å²) in [7, 11) is 0. The van der Waals surface area contributed by atoms with Gasteiger partial charge >= 0.3 is 0 Å². The van der Waals surface area contributed by atoms with Crippen LogP contribution in [0.25, 0.3) is 11.0 Å². The third-order valence-electron chi connectivity index (χ3n) is 3.64. The van der Waals surface area contributed by atoms with E-state index in [0.717, 1.165) is 33.7 Å². The summed E-state index contributed by atoms with van der Waals surface area (Å²) in [6.45, 7) is 8.78. The van der Waals surface area contributed by atoms with Crippen molar-refractivity contribution in [2.75, 3.05) is 0 Å². The van der Waals surface area contributed by atoms with Crippen molar-refractivity contribution in [3.63, 3.8) is 0 Å². The highest BCUT2D eigenvalue weighted by Gasteiger charge is 2.19. The van der Waals surface area contributed by atoms with Crippen LogP contribution in [0, 0.1) is 5.92 Å². The molecule has 0 aliphatic rings. The van der Waals surface area contributed by atoms with Gasteiger partial charge < -0.3 is 4.57 Å². The molecule has 2 nitrogen and oxygen atoms in total. The number of rotatable bonds is 5. The second-order valence-corrected chi connectivity index (χ2v) is 7.48. The van der Waals surface area contributed by atoms with Gasteiger partial charge in [-0.15, -0.1) is 11.6 Å². The van der Waals surface area contributed by atoms with Gasteiger partial charge in [0.15, 0.2) is 0 Å². The van der Waals surface area contributed by atoms with Gasteiger partial charge in [0, 0.05) is 10.5 Å². The van der Waals surface area contributed by atoms with Gasteiger partial charge in [-0.25, -0.2) is 4.98 Å². The molecule has 0 N–H and O–H groups in total. The Hall–Kier alpha value is -0.540. The lowest BCUT2D eigenvalue weighted by Gasteiger charge is -2.19. The van der Waals surface area contributed by atoms with Gasteiger partial charge in [0.05, 0.1) is 16.4 Å². The van der Waals surface area contributed by atoms with Crippen LogP contribution < -0.4 is 0 Å². The van der Waals surface area contributed by atoms with Gasteiger partial charge in [0.25, 0.3) is 0 Å². The topological polar surface area (TPSA) is 17.8 Å². The molecule has 1 aromatic heterocycles. The van der Waals surface area contributed by atoms with E-state index in [1.165, 1.54) is 6.42 Å². The van der Waals surface area contributed by atoms with Gasteiger partial charge in [-0.05, 0) is 50.8 Å². The van der Waals surface area contributed by atoms with Crippen LogP contribution in [0.15, 0.2) is 22.7 Å². The number of halogens is 2. The molecule has 0 aliphatic heterocycles. The van der Waals surface area contributed by atoms with E-state index in [2.05, 4.69) is 47.3 Å². The monoisotopic (exact) mass is 356 g/mol. The molecular formula is C16H22BrClN2. The van der Waals surface area contributed by atoms with Crippen molar-refractivity contribution in [3.05, 3.63) is 28.5 Å². The molecule has 110 valence electrons. The maximum absolute atomic E-state index is 6.33.